The Kier molecular flexibility index (Phi) is 1.39. The normalized spacial score (nSPS) is 23.9. The van der Waals surface area contributed by atoms with Crippen molar-refractivity contribution in [2.45, 2.75) is 25.5 Å². The van der Waals surface area contributed by atoms with Gasteiger partial charge in [-0.25, -0.2) is 0 Å². The van der Waals surface area contributed by atoms with Crippen LogP contribution < -0.4 is 10.6 Å². The molecule has 1 atom stereocenters. The molecule has 3 rings (SSSR count). The molecule has 1 aliphatic heterocycles. The molecule has 1 heterocycles. The SMILES string of the molecule is NC1CCc2cc3c(cc21)COO3. The highest BCUT2D eigenvalue weighted by atomic mass is 17.2. The molecule has 0 saturated carbocycles. The maximum Gasteiger partial charge on any atom is 0.171 e. The van der Waals surface area contributed by atoms with Gasteiger partial charge in [0.05, 0.1) is 0 Å². The Hall–Kier alpha value is -1.06. The Balaban J connectivity index is 2.16. The van der Waals surface area contributed by atoms with Crippen LogP contribution in [0.3, 0.4) is 0 Å². The van der Waals surface area contributed by atoms with Gasteiger partial charge in [0, 0.05) is 11.6 Å². The van der Waals surface area contributed by atoms with Crippen molar-refractivity contribution < 1.29 is 9.78 Å². The summed E-state index contributed by atoms with van der Waals surface area (Å²) in [6.07, 6.45) is 2.12. The standard InChI is InChI=1S/C10H11NO2/c11-9-2-1-6-4-10-7(3-8(6)9)5-12-13-10/h3-4,9H,1-2,5,11H2. The molecule has 0 amide bonds. The van der Waals surface area contributed by atoms with Crippen LogP contribution in [0.15, 0.2) is 12.1 Å². The molecule has 1 aliphatic carbocycles. The highest BCUT2D eigenvalue weighted by Gasteiger charge is 2.24. The summed E-state index contributed by atoms with van der Waals surface area (Å²) in [6.45, 7) is 0.551. The van der Waals surface area contributed by atoms with Crippen LogP contribution in [0, 0.1) is 0 Å². The van der Waals surface area contributed by atoms with Gasteiger partial charge in [-0.1, -0.05) is 0 Å². The number of benzene rings is 1. The fraction of sp³-hybridized carbons (Fsp3) is 0.400. The molecule has 0 aromatic heterocycles. The summed E-state index contributed by atoms with van der Waals surface area (Å²) in [7, 11) is 0. The van der Waals surface area contributed by atoms with E-state index >= 15 is 0 Å². The number of rotatable bonds is 0. The third-order valence-corrected chi connectivity index (χ3v) is 2.81. The number of aryl methyl sites for hydroxylation is 1. The van der Waals surface area contributed by atoms with E-state index in [1.54, 1.807) is 0 Å². The largest absolute Gasteiger partial charge is 0.337 e. The van der Waals surface area contributed by atoms with Crippen molar-refractivity contribution in [3.8, 4) is 5.75 Å². The van der Waals surface area contributed by atoms with Crippen LogP contribution in [0.5, 0.6) is 5.75 Å². The molecule has 2 N–H and O–H groups in total. The molecular weight excluding hydrogens is 166 g/mol. The Bertz CT molecular complexity index is 362. The van der Waals surface area contributed by atoms with Gasteiger partial charge in [-0.05, 0) is 36.1 Å². The second kappa shape index (κ2) is 2.47. The van der Waals surface area contributed by atoms with Crippen molar-refractivity contribution in [2.24, 2.45) is 5.73 Å². The molecule has 0 spiro atoms. The van der Waals surface area contributed by atoms with E-state index in [0.29, 0.717) is 6.61 Å². The molecule has 3 heteroatoms. The predicted molar refractivity (Wildman–Crippen MR) is 47.1 cm³/mol. The zero-order valence-corrected chi connectivity index (χ0v) is 7.25. The zero-order valence-electron chi connectivity index (χ0n) is 7.25. The first-order valence-corrected chi connectivity index (χ1v) is 4.55. The Morgan fingerprint density at radius 3 is 3.15 bits per heavy atom. The van der Waals surface area contributed by atoms with E-state index in [2.05, 4.69) is 12.1 Å². The molecule has 3 nitrogen and oxygen atoms in total. The third kappa shape index (κ3) is 0.975. The zero-order chi connectivity index (χ0) is 8.84. The van der Waals surface area contributed by atoms with Gasteiger partial charge in [0.2, 0.25) is 0 Å². The lowest BCUT2D eigenvalue weighted by molar-refractivity contribution is -0.194. The molecule has 0 saturated heterocycles. The minimum absolute atomic E-state index is 0.209. The van der Waals surface area contributed by atoms with E-state index in [1.807, 2.05) is 0 Å². The maximum absolute atomic E-state index is 5.96. The van der Waals surface area contributed by atoms with Crippen LogP contribution in [-0.2, 0) is 17.9 Å². The topological polar surface area (TPSA) is 44.5 Å². The van der Waals surface area contributed by atoms with Gasteiger partial charge in [0.15, 0.2) is 5.75 Å². The molecule has 1 aromatic rings. The summed E-state index contributed by atoms with van der Waals surface area (Å²) in [5.41, 5.74) is 9.67. The van der Waals surface area contributed by atoms with Crippen molar-refractivity contribution in [1.82, 2.24) is 0 Å². The Morgan fingerprint density at radius 1 is 1.31 bits per heavy atom. The average molecular weight is 177 g/mol. The third-order valence-electron chi connectivity index (χ3n) is 2.81. The first-order chi connectivity index (χ1) is 6.34. The molecular formula is C10H11NO2. The molecule has 0 fully saturated rings. The monoisotopic (exact) mass is 177 g/mol. The maximum atomic E-state index is 5.96. The van der Waals surface area contributed by atoms with Gasteiger partial charge in [-0.15, -0.1) is 0 Å². The van der Waals surface area contributed by atoms with Crippen molar-refractivity contribution >= 4 is 0 Å². The molecule has 2 aliphatic rings. The van der Waals surface area contributed by atoms with E-state index in [9.17, 15) is 0 Å². The first kappa shape index (κ1) is 7.35. The first-order valence-electron chi connectivity index (χ1n) is 4.55. The number of nitrogens with two attached hydrogens (primary N) is 1. The minimum atomic E-state index is 0.209. The van der Waals surface area contributed by atoms with Crippen LogP contribution >= 0.6 is 0 Å². The van der Waals surface area contributed by atoms with Crippen LogP contribution in [-0.4, -0.2) is 0 Å². The quantitative estimate of drug-likeness (QED) is 0.610. The second-order valence-electron chi connectivity index (χ2n) is 3.65. The summed E-state index contributed by atoms with van der Waals surface area (Å²) in [5, 5.41) is 0. The highest BCUT2D eigenvalue weighted by Crippen LogP contribution is 2.36. The van der Waals surface area contributed by atoms with E-state index in [0.717, 1.165) is 24.2 Å². The van der Waals surface area contributed by atoms with Crippen LogP contribution in [0.4, 0.5) is 0 Å². The Morgan fingerprint density at radius 2 is 2.23 bits per heavy atom. The lowest BCUT2D eigenvalue weighted by Gasteiger charge is -2.05. The summed E-state index contributed by atoms with van der Waals surface area (Å²) in [4.78, 5) is 9.91. The van der Waals surface area contributed by atoms with Gasteiger partial charge in [-0.2, -0.15) is 4.89 Å². The van der Waals surface area contributed by atoms with Gasteiger partial charge in [0.1, 0.15) is 6.61 Å². The molecule has 0 radical (unpaired) electrons. The lowest BCUT2D eigenvalue weighted by atomic mass is 10.0. The molecule has 68 valence electrons. The van der Waals surface area contributed by atoms with Crippen LogP contribution in [0.2, 0.25) is 0 Å². The van der Waals surface area contributed by atoms with E-state index in [-0.39, 0.29) is 6.04 Å². The van der Waals surface area contributed by atoms with Gasteiger partial charge in [-0.3, -0.25) is 0 Å². The minimum Gasteiger partial charge on any atom is -0.337 e. The predicted octanol–water partition coefficient (Wildman–Crippen LogP) is 1.46. The molecule has 0 bridgehead atoms. The number of fused-ring (bicyclic) bond motifs is 2. The fourth-order valence-electron chi connectivity index (χ4n) is 2.06. The van der Waals surface area contributed by atoms with E-state index in [4.69, 9.17) is 15.5 Å². The second-order valence-corrected chi connectivity index (χ2v) is 3.65. The Labute approximate surface area is 76.4 Å². The average Bonchev–Trinajstić information content (AvgIpc) is 2.70. The summed E-state index contributed by atoms with van der Waals surface area (Å²) >= 11 is 0. The van der Waals surface area contributed by atoms with Crippen LogP contribution in [0.1, 0.15) is 29.2 Å². The van der Waals surface area contributed by atoms with Gasteiger partial charge < -0.3 is 10.6 Å². The van der Waals surface area contributed by atoms with Crippen LogP contribution in [0.25, 0.3) is 0 Å². The lowest BCUT2D eigenvalue weighted by Crippen LogP contribution is -2.05. The van der Waals surface area contributed by atoms with Crippen molar-refractivity contribution in [3.63, 3.8) is 0 Å². The van der Waals surface area contributed by atoms with E-state index in [1.165, 1.54) is 11.1 Å². The fourth-order valence-corrected chi connectivity index (χ4v) is 2.06. The van der Waals surface area contributed by atoms with Crippen molar-refractivity contribution in [2.75, 3.05) is 0 Å². The summed E-state index contributed by atoms with van der Waals surface area (Å²) in [6, 6.07) is 4.39. The number of hydrogen-bond acceptors (Lipinski definition) is 3. The van der Waals surface area contributed by atoms with E-state index < -0.39 is 0 Å². The summed E-state index contributed by atoms with van der Waals surface area (Å²) < 4.78 is 0. The summed E-state index contributed by atoms with van der Waals surface area (Å²) in [5.74, 6) is 0.868. The van der Waals surface area contributed by atoms with Gasteiger partial charge in [0.25, 0.3) is 0 Å². The highest BCUT2D eigenvalue weighted by molar-refractivity contribution is 5.46. The molecule has 1 unspecified atom stereocenters. The smallest absolute Gasteiger partial charge is 0.171 e. The van der Waals surface area contributed by atoms with Gasteiger partial charge >= 0.3 is 0 Å². The molecule has 1 aromatic carbocycles. The number of hydrogen-bond donors (Lipinski definition) is 1. The molecule has 13 heavy (non-hydrogen) atoms. The van der Waals surface area contributed by atoms with Crippen molar-refractivity contribution in [1.29, 1.82) is 0 Å². The van der Waals surface area contributed by atoms with Crippen molar-refractivity contribution in [3.05, 3.63) is 28.8 Å².